The summed E-state index contributed by atoms with van der Waals surface area (Å²) in [5.41, 5.74) is 3.48. The van der Waals surface area contributed by atoms with E-state index in [0.717, 1.165) is 12.1 Å². The lowest BCUT2D eigenvalue weighted by Gasteiger charge is -2.08. The van der Waals surface area contributed by atoms with Crippen molar-refractivity contribution < 1.29 is 23.7 Å². The molecule has 2 aromatic carbocycles. The van der Waals surface area contributed by atoms with E-state index in [0.29, 0.717) is 20.1 Å². The number of furan rings is 1. The zero-order valence-electron chi connectivity index (χ0n) is 14.9. The van der Waals surface area contributed by atoms with Crippen molar-refractivity contribution in [3.05, 3.63) is 90.5 Å². The Hall–Kier alpha value is -3.31. The molecule has 0 atom stereocenters. The van der Waals surface area contributed by atoms with Gasteiger partial charge in [0.2, 0.25) is 5.76 Å². The lowest BCUT2D eigenvalue weighted by atomic mass is 10.2. The second kappa shape index (κ2) is 9.46. The van der Waals surface area contributed by atoms with E-state index in [2.05, 4.69) is 42.4 Å². The minimum Gasteiger partial charge on any atom is -0.418 e. The van der Waals surface area contributed by atoms with Crippen LogP contribution in [0.3, 0.4) is 0 Å². The van der Waals surface area contributed by atoms with Gasteiger partial charge < -0.3 is 9.15 Å². The zero-order valence-corrected chi connectivity index (χ0v) is 18.0. The van der Waals surface area contributed by atoms with Crippen LogP contribution in [-0.4, -0.2) is 23.0 Å². The summed E-state index contributed by atoms with van der Waals surface area (Å²) in [4.78, 5) is 34.0. The van der Waals surface area contributed by atoms with Gasteiger partial charge >= 0.3 is 11.9 Å². The van der Waals surface area contributed by atoms with Crippen LogP contribution in [-0.2, 0) is 0 Å². The second-order valence-corrected chi connectivity index (χ2v) is 7.37. The Morgan fingerprint density at radius 1 is 1.10 bits per heavy atom. The molecule has 0 aliphatic rings. The van der Waals surface area contributed by atoms with Crippen LogP contribution in [0.25, 0.3) is 0 Å². The molecule has 0 radical (unpaired) electrons. The molecule has 1 amide bonds. The number of nitrogens with one attached hydrogen (secondary N) is 1. The predicted octanol–water partition coefficient (Wildman–Crippen LogP) is 4.70. The second-order valence-electron chi connectivity index (χ2n) is 5.66. The molecule has 0 spiro atoms. The van der Waals surface area contributed by atoms with Crippen LogP contribution < -0.4 is 10.2 Å². The number of rotatable bonds is 6. The molecule has 1 heterocycles. The Bertz CT molecular complexity index is 1120. The number of carbonyl (C=O) groups excluding carboxylic acids is 2. The molecule has 30 heavy (non-hydrogen) atoms. The SMILES string of the molecule is O=C(N/N=C/c1cc(Br)c(OC(=O)c2ccc([N+](=O)[O-])o2)c(Br)c1)c1ccccc1. The smallest absolute Gasteiger partial charge is 0.418 e. The highest BCUT2D eigenvalue weighted by Gasteiger charge is 2.21. The normalized spacial score (nSPS) is 10.7. The summed E-state index contributed by atoms with van der Waals surface area (Å²) in [6.45, 7) is 0. The van der Waals surface area contributed by atoms with Gasteiger partial charge in [-0.3, -0.25) is 14.9 Å². The number of esters is 1. The number of hydrogen-bond acceptors (Lipinski definition) is 7. The van der Waals surface area contributed by atoms with Crippen molar-refractivity contribution in [1.82, 2.24) is 5.43 Å². The summed E-state index contributed by atoms with van der Waals surface area (Å²) in [7, 11) is 0. The van der Waals surface area contributed by atoms with Crippen LogP contribution >= 0.6 is 31.9 Å². The number of hydrazone groups is 1. The van der Waals surface area contributed by atoms with Crippen LogP contribution in [0.5, 0.6) is 5.75 Å². The summed E-state index contributed by atoms with van der Waals surface area (Å²) >= 11 is 6.58. The first-order valence-electron chi connectivity index (χ1n) is 8.19. The highest BCUT2D eigenvalue weighted by molar-refractivity contribution is 9.11. The third kappa shape index (κ3) is 5.19. The fourth-order valence-electron chi connectivity index (χ4n) is 2.25. The Morgan fingerprint density at radius 3 is 2.37 bits per heavy atom. The molecule has 3 rings (SSSR count). The van der Waals surface area contributed by atoms with Gasteiger partial charge in [0, 0.05) is 5.56 Å². The molecule has 3 aromatic rings. The molecular formula is C19H11Br2N3O6. The van der Waals surface area contributed by atoms with E-state index in [1.807, 2.05) is 0 Å². The Morgan fingerprint density at radius 2 is 1.77 bits per heavy atom. The minimum atomic E-state index is -0.902. The van der Waals surface area contributed by atoms with Crippen LogP contribution in [0.15, 0.2) is 73.1 Å². The highest BCUT2D eigenvalue weighted by Crippen LogP contribution is 2.35. The van der Waals surface area contributed by atoms with Gasteiger partial charge in [0.15, 0.2) is 5.75 Å². The lowest BCUT2D eigenvalue weighted by Crippen LogP contribution is -2.17. The molecule has 1 aromatic heterocycles. The summed E-state index contributed by atoms with van der Waals surface area (Å²) < 4.78 is 10.9. The molecule has 1 N–H and O–H groups in total. The van der Waals surface area contributed by atoms with Gasteiger partial charge in [0.25, 0.3) is 5.91 Å². The zero-order chi connectivity index (χ0) is 21.7. The van der Waals surface area contributed by atoms with E-state index in [4.69, 9.17) is 9.15 Å². The molecule has 0 fully saturated rings. The van der Waals surface area contributed by atoms with Crippen molar-refractivity contribution in [2.45, 2.75) is 0 Å². The molecule has 0 saturated carbocycles. The van der Waals surface area contributed by atoms with E-state index >= 15 is 0 Å². The van der Waals surface area contributed by atoms with E-state index < -0.39 is 16.8 Å². The van der Waals surface area contributed by atoms with Crippen molar-refractivity contribution >= 4 is 55.8 Å². The number of ether oxygens (including phenoxy) is 1. The van der Waals surface area contributed by atoms with Gasteiger partial charge in [-0.15, -0.1) is 0 Å². The first kappa shape index (κ1) is 21.4. The number of carbonyl (C=O) groups is 2. The van der Waals surface area contributed by atoms with Crippen LogP contribution in [0.4, 0.5) is 5.88 Å². The topological polar surface area (TPSA) is 124 Å². The lowest BCUT2D eigenvalue weighted by molar-refractivity contribution is -0.402. The number of benzene rings is 2. The van der Waals surface area contributed by atoms with Crippen LogP contribution in [0.2, 0.25) is 0 Å². The average Bonchev–Trinajstić information content (AvgIpc) is 3.22. The first-order valence-corrected chi connectivity index (χ1v) is 9.77. The van der Waals surface area contributed by atoms with E-state index in [1.54, 1.807) is 42.5 Å². The first-order chi connectivity index (χ1) is 14.3. The number of amides is 1. The monoisotopic (exact) mass is 535 g/mol. The summed E-state index contributed by atoms with van der Waals surface area (Å²) in [5.74, 6) is -1.99. The van der Waals surface area contributed by atoms with Crippen molar-refractivity contribution in [3.8, 4) is 5.75 Å². The predicted molar refractivity (Wildman–Crippen MR) is 114 cm³/mol. The maximum Gasteiger partial charge on any atom is 0.433 e. The molecular weight excluding hydrogens is 526 g/mol. The Kier molecular flexibility index (Phi) is 6.75. The van der Waals surface area contributed by atoms with E-state index in [1.165, 1.54) is 6.21 Å². The van der Waals surface area contributed by atoms with E-state index in [9.17, 15) is 19.7 Å². The summed E-state index contributed by atoms with van der Waals surface area (Å²) in [6.07, 6.45) is 1.41. The number of nitrogens with zero attached hydrogens (tertiary/aromatic N) is 2. The standard InChI is InChI=1S/C19H11Br2N3O6/c20-13-8-11(10-22-23-18(25)12-4-2-1-3-5-12)9-14(21)17(13)30-19(26)15-6-7-16(29-15)24(27)28/h1-10H,(H,23,25)/b22-10+. The molecule has 9 nitrogen and oxygen atoms in total. The number of halogens is 2. The van der Waals surface area contributed by atoms with Crippen LogP contribution in [0, 0.1) is 10.1 Å². The average molecular weight is 537 g/mol. The van der Waals surface area contributed by atoms with Gasteiger partial charge in [-0.1, -0.05) is 18.2 Å². The summed E-state index contributed by atoms with van der Waals surface area (Å²) in [5, 5.41) is 14.6. The van der Waals surface area contributed by atoms with E-state index in [-0.39, 0.29) is 17.4 Å². The van der Waals surface area contributed by atoms with Crippen LogP contribution in [0.1, 0.15) is 26.5 Å². The number of hydrogen-bond donors (Lipinski definition) is 1. The van der Waals surface area contributed by atoms with Crippen molar-refractivity contribution in [3.63, 3.8) is 0 Å². The quantitative estimate of drug-likeness (QED) is 0.160. The minimum absolute atomic E-state index is 0.143. The van der Waals surface area contributed by atoms with Gasteiger partial charge in [-0.25, -0.2) is 10.2 Å². The van der Waals surface area contributed by atoms with Crippen molar-refractivity contribution in [1.29, 1.82) is 0 Å². The molecule has 0 aliphatic heterocycles. The van der Waals surface area contributed by atoms with Gasteiger partial charge in [-0.05, 0) is 67.8 Å². The molecule has 0 saturated heterocycles. The highest BCUT2D eigenvalue weighted by atomic mass is 79.9. The fourth-order valence-corrected chi connectivity index (χ4v) is 3.63. The van der Waals surface area contributed by atoms with Gasteiger partial charge in [0.1, 0.15) is 4.92 Å². The maximum atomic E-state index is 12.2. The molecule has 152 valence electrons. The molecule has 0 unspecified atom stereocenters. The summed E-state index contributed by atoms with van der Waals surface area (Å²) in [6, 6.07) is 14.0. The van der Waals surface area contributed by atoms with Crippen molar-refractivity contribution in [2.24, 2.45) is 5.10 Å². The fraction of sp³-hybridized carbons (Fsp3) is 0. The third-order valence-corrected chi connectivity index (χ3v) is 4.78. The third-order valence-electron chi connectivity index (χ3n) is 3.60. The Balaban J connectivity index is 1.69. The maximum absolute atomic E-state index is 12.2. The molecule has 0 bridgehead atoms. The Labute approximate surface area is 186 Å². The molecule has 0 aliphatic carbocycles. The van der Waals surface area contributed by atoms with Gasteiger partial charge in [0.05, 0.1) is 21.2 Å². The van der Waals surface area contributed by atoms with Crippen molar-refractivity contribution in [2.75, 3.05) is 0 Å². The molecule has 11 heteroatoms. The largest absolute Gasteiger partial charge is 0.433 e. The van der Waals surface area contributed by atoms with Gasteiger partial charge in [-0.2, -0.15) is 5.10 Å². The number of nitro groups is 1.